The first kappa shape index (κ1) is 23.5. The molecule has 0 amide bonds. The van der Waals surface area contributed by atoms with Crippen molar-refractivity contribution in [2.75, 3.05) is 0 Å². The number of carboxylic acids is 1. The summed E-state index contributed by atoms with van der Waals surface area (Å²) < 4.78 is 2.40. The zero-order valence-electron chi connectivity index (χ0n) is 19.6. The number of aromatic nitrogens is 2. The molecule has 4 heteroatoms. The van der Waals surface area contributed by atoms with Gasteiger partial charge in [0.2, 0.25) is 0 Å². The molecule has 0 saturated heterocycles. The minimum Gasteiger partial charge on any atom is -0.481 e. The molecule has 0 spiro atoms. The lowest BCUT2D eigenvalue weighted by molar-refractivity contribution is -0.137. The van der Waals surface area contributed by atoms with E-state index in [4.69, 9.17) is 10.1 Å². The van der Waals surface area contributed by atoms with Gasteiger partial charge in [-0.2, -0.15) is 0 Å². The molecule has 4 rings (SSSR count). The lowest BCUT2D eigenvalue weighted by Crippen LogP contribution is -2.07. The molecular weight excluding hydrogens is 420 g/mol. The number of carbonyl (C=O) groups is 1. The van der Waals surface area contributed by atoms with E-state index in [1.54, 1.807) is 0 Å². The summed E-state index contributed by atoms with van der Waals surface area (Å²) in [5.74, 6) is 0.375. The van der Waals surface area contributed by atoms with Crippen LogP contribution in [0.15, 0.2) is 91.0 Å². The second kappa shape index (κ2) is 12.0. The number of benzene rings is 3. The first-order chi connectivity index (χ1) is 16.7. The van der Waals surface area contributed by atoms with E-state index in [0.29, 0.717) is 0 Å². The molecule has 0 saturated carbocycles. The molecule has 0 radical (unpaired) electrons. The number of carboxylic acid groups (broad SMARTS) is 1. The lowest BCUT2D eigenvalue weighted by Gasteiger charge is -2.14. The Morgan fingerprint density at radius 2 is 1.26 bits per heavy atom. The average Bonchev–Trinajstić information content (AvgIpc) is 3.23. The molecule has 4 aromatic rings. The van der Waals surface area contributed by atoms with Crippen LogP contribution < -0.4 is 0 Å². The van der Waals surface area contributed by atoms with Crippen molar-refractivity contribution in [3.63, 3.8) is 0 Å². The van der Waals surface area contributed by atoms with Gasteiger partial charge in [-0.15, -0.1) is 0 Å². The first-order valence-corrected chi connectivity index (χ1v) is 12.2. The van der Waals surface area contributed by atoms with E-state index in [9.17, 15) is 4.79 Å². The zero-order valence-corrected chi connectivity index (χ0v) is 19.6. The van der Waals surface area contributed by atoms with Gasteiger partial charge in [-0.25, -0.2) is 4.98 Å². The number of imidazole rings is 1. The highest BCUT2D eigenvalue weighted by atomic mass is 16.4. The fraction of sp³-hybridized carbons (Fsp3) is 0.267. The molecule has 0 aliphatic carbocycles. The SMILES string of the molecule is O=C(O)CCCCCCCn1c(Cc2ccccc2)nc(-c2ccccc2)c1-c1ccccc1. The van der Waals surface area contributed by atoms with Crippen LogP contribution in [0.3, 0.4) is 0 Å². The Balaban J connectivity index is 1.64. The second-order valence-corrected chi connectivity index (χ2v) is 8.68. The van der Waals surface area contributed by atoms with Crippen LogP contribution >= 0.6 is 0 Å². The van der Waals surface area contributed by atoms with Crippen molar-refractivity contribution in [3.05, 3.63) is 102 Å². The van der Waals surface area contributed by atoms with Crippen LogP contribution in [0, 0.1) is 0 Å². The van der Waals surface area contributed by atoms with Crippen LogP contribution in [0.4, 0.5) is 0 Å². The first-order valence-electron chi connectivity index (χ1n) is 12.2. The van der Waals surface area contributed by atoms with Crippen molar-refractivity contribution in [2.45, 2.75) is 51.5 Å². The Labute approximate surface area is 201 Å². The van der Waals surface area contributed by atoms with Crippen molar-refractivity contribution in [1.29, 1.82) is 0 Å². The molecule has 34 heavy (non-hydrogen) atoms. The van der Waals surface area contributed by atoms with Crippen LogP contribution in [0.2, 0.25) is 0 Å². The average molecular weight is 453 g/mol. The summed E-state index contributed by atoms with van der Waals surface area (Å²) in [4.78, 5) is 15.9. The molecule has 3 aromatic carbocycles. The quantitative estimate of drug-likeness (QED) is 0.231. The van der Waals surface area contributed by atoms with Crippen LogP contribution in [-0.2, 0) is 17.8 Å². The van der Waals surface area contributed by atoms with E-state index in [0.717, 1.165) is 62.2 Å². The smallest absolute Gasteiger partial charge is 0.303 e. The van der Waals surface area contributed by atoms with Crippen molar-refractivity contribution in [1.82, 2.24) is 9.55 Å². The molecule has 0 unspecified atom stereocenters. The second-order valence-electron chi connectivity index (χ2n) is 8.68. The Morgan fingerprint density at radius 1 is 0.706 bits per heavy atom. The number of unbranched alkanes of at least 4 members (excludes halogenated alkanes) is 4. The van der Waals surface area contributed by atoms with Gasteiger partial charge in [0.15, 0.2) is 0 Å². The van der Waals surface area contributed by atoms with Gasteiger partial charge in [0.1, 0.15) is 5.82 Å². The molecule has 1 heterocycles. The third-order valence-electron chi connectivity index (χ3n) is 6.12. The highest BCUT2D eigenvalue weighted by molar-refractivity contribution is 5.79. The normalized spacial score (nSPS) is 10.9. The fourth-order valence-corrected chi connectivity index (χ4v) is 4.42. The molecule has 0 aliphatic rings. The number of hydrogen-bond acceptors (Lipinski definition) is 2. The number of rotatable bonds is 12. The lowest BCUT2D eigenvalue weighted by atomic mass is 10.0. The summed E-state index contributed by atoms with van der Waals surface area (Å²) in [5.41, 5.74) is 5.75. The van der Waals surface area contributed by atoms with Crippen molar-refractivity contribution < 1.29 is 9.90 Å². The Bertz CT molecular complexity index is 1170. The van der Waals surface area contributed by atoms with E-state index >= 15 is 0 Å². The molecule has 174 valence electrons. The molecule has 0 fully saturated rings. The highest BCUT2D eigenvalue weighted by Crippen LogP contribution is 2.34. The molecule has 0 bridgehead atoms. The topological polar surface area (TPSA) is 55.1 Å². The summed E-state index contributed by atoms with van der Waals surface area (Å²) >= 11 is 0. The molecule has 1 N–H and O–H groups in total. The maximum atomic E-state index is 10.7. The van der Waals surface area contributed by atoms with E-state index in [-0.39, 0.29) is 6.42 Å². The standard InChI is InChI=1S/C30H32N2O2/c33-28(34)21-13-2-1-3-14-22-32-27(23-24-15-7-4-8-16-24)31-29(25-17-9-5-10-18-25)30(32)26-19-11-6-12-20-26/h4-12,15-20H,1-3,13-14,21-23H2,(H,33,34). The third-order valence-corrected chi connectivity index (χ3v) is 6.12. The molecular formula is C30H32N2O2. The van der Waals surface area contributed by atoms with Crippen molar-refractivity contribution in [3.8, 4) is 22.5 Å². The van der Waals surface area contributed by atoms with Crippen molar-refractivity contribution in [2.24, 2.45) is 0 Å². The van der Waals surface area contributed by atoms with Crippen LogP contribution in [0.5, 0.6) is 0 Å². The Morgan fingerprint density at radius 3 is 1.91 bits per heavy atom. The fourth-order valence-electron chi connectivity index (χ4n) is 4.42. The third kappa shape index (κ3) is 6.22. The maximum absolute atomic E-state index is 10.7. The predicted octanol–water partition coefficient (Wildman–Crippen LogP) is 7.23. The van der Waals surface area contributed by atoms with Crippen molar-refractivity contribution >= 4 is 5.97 Å². The van der Waals surface area contributed by atoms with Gasteiger partial charge in [-0.05, 0) is 18.4 Å². The van der Waals surface area contributed by atoms with Gasteiger partial charge in [-0.1, -0.05) is 110 Å². The van der Waals surface area contributed by atoms with Gasteiger partial charge < -0.3 is 9.67 Å². The van der Waals surface area contributed by atoms with Gasteiger partial charge in [0, 0.05) is 30.5 Å². The van der Waals surface area contributed by atoms with Crippen LogP contribution in [0.25, 0.3) is 22.5 Å². The van der Waals surface area contributed by atoms with E-state index in [2.05, 4.69) is 83.4 Å². The van der Waals surface area contributed by atoms with Gasteiger partial charge in [0.05, 0.1) is 11.4 Å². The van der Waals surface area contributed by atoms with E-state index in [1.165, 1.54) is 16.8 Å². The monoisotopic (exact) mass is 452 g/mol. The van der Waals surface area contributed by atoms with Gasteiger partial charge in [0.25, 0.3) is 0 Å². The molecule has 4 nitrogen and oxygen atoms in total. The highest BCUT2D eigenvalue weighted by Gasteiger charge is 2.20. The van der Waals surface area contributed by atoms with Gasteiger partial charge in [-0.3, -0.25) is 4.79 Å². The van der Waals surface area contributed by atoms with Crippen LogP contribution in [-0.4, -0.2) is 20.6 Å². The van der Waals surface area contributed by atoms with Gasteiger partial charge >= 0.3 is 5.97 Å². The minimum atomic E-state index is -0.704. The van der Waals surface area contributed by atoms with E-state index < -0.39 is 5.97 Å². The zero-order chi connectivity index (χ0) is 23.6. The molecule has 0 atom stereocenters. The summed E-state index contributed by atoms with van der Waals surface area (Å²) in [5, 5.41) is 8.84. The number of aliphatic carboxylic acids is 1. The maximum Gasteiger partial charge on any atom is 0.303 e. The largest absolute Gasteiger partial charge is 0.481 e. The molecule has 0 aliphatic heterocycles. The summed E-state index contributed by atoms with van der Waals surface area (Å²) in [6.45, 7) is 0.894. The van der Waals surface area contributed by atoms with Crippen LogP contribution in [0.1, 0.15) is 49.9 Å². The Hall–Kier alpha value is -3.66. The number of hydrogen-bond donors (Lipinski definition) is 1. The molecule has 1 aromatic heterocycles. The summed E-state index contributed by atoms with van der Waals surface area (Å²) in [6.07, 6.45) is 5.95. The van der Waals surface area contributed by atoms with E-state index in [1.807, 2.05) is 12.1 Å². The predicted molar refractivity (Wildman–Crippen MR) is 138 cm³/mol. The number of nitrogens with zero attached hydrogens (tertiary/aromatic N) is 2. The Kier molecular flexibility index (Phi) is 8.28. The summed E-state index contributed by atoms with van der Waals surface area (Å²) in [6, 6.07) is 31.5. The summed E-state index contributed by atoms with van der Waals surface area (Å²) in [7, 11) is 0. The minimum absolute atomic E-state index is 0.265.